The number of carboxylic acid groups (broad SMARTS) is 1. The lowest BCUT2D eigenvalue weighted by molar-refractivity contribution is -0.139. The van der Waals surface area contributed by atoms with Crippen LogP contribution in [-0.4, -0.2) is 38.6 Å². The van der Waals surface area contributed by atoms with Crippen molar-refractivity contribution in [3.63, 3.8) is 0 Å². The second-order valence-corrected chi connectivity index (χ2v) is 4.60. The zero-order valence-corrected chi connectivity index (χ0v) is 9.81. The second kappa shape index (κ2) is 4.43. The molecule has 1 aliphatic heterocycles. The number of hydrogen-bond donors (Lipinski definition) is 1. The molecule has 0 atom stereocenters. The zero-order chi connectivity index (χ0) is 11.7. The van der Waals surface area contributed by atoms with E-state index in [9.17, 15) is 4.79 Å². The molecule has 2 heterocycles. The van der Waals surface area contributed by atoms with Gasteiger partial charge in [-0.25, -0.2) is 4.98 Å². The highest BCUT2D eigenvalue weighted by Gasteiger charge is 2.29. The minimum atomic E-state index is -0.718. The van der Waals surface area contributed by atoms with E-state index < -0.39 is 5.97 Å². The van der Waals surface area contributed by atoms with Crippen LogP contribution in [0.25, 0.3) is 0 Å². The van der Waals surface area contributed by atoms with Crippen molar-refractivity contribution in [2.24, 2.45) is 13.0 Å². The number of aliphatic carboxylic acids is 1. The van der Waals surface area contributed by atoms with Gasteiger partial charge < -0.3 is 9.67 Å². The fourth-order valence-corrected chi connectivity index (χ4v) is 2.10. The summed E-state index contributed by atoms with van der Waals surface area (Å²) in [6.07, 6.45) is 1.89. The van der Waals surface area contributed by atoms with Gasteiger partial charge in [0.1, 0.15) is 11.0 Å². The first kappa shape index (κ1) is 11.4. The molecule has 1 fully saturated rings. The maximum Gasteiger partial charge on any atom is 0.303 e. The molecule has 0 unspecified atom stereocenters. The zero-order valence-electron chi connectivity index (χ0n) is 9.06. The summed E-state index contributed by atoms with van der Waals surface area (Å²) < 4.78 is 1.84. The molecule has 0 aliphatic carbocycles. The molecular formula is C10H14ClN3O2. The van der Waals surface area contributed by atoms with Crippen LogP contribution >= 0.6 is 11.6 Å². The van der Waals surface area contributed by atoms with Crippen LogP contribution in [0.1, 0.15) is 12.2 Å². The summed E-state index contributed by atoms with van der Waals surface area (Å²) in [5.41, 5.74) is 0. The lowest BCUT2D eigenvalue weighted by Crippen LogP contribution is -2.47. The Balaban J connectivity index is 1.81. The number of nitrogens with zero attached hydrogens (tertiary/aromatic N) is 3. The number of rotatable bonds is 4. The first-order valence-corrected chi connectivity index (χ1v) is 5.54. The third-order valence-electron chi connectivity index (χ3n) is 2.89. The van der Waals surface area contributed by atoms with Crippen molar-refractivity contribution in [3.05, 3.63) is 17.2 Å². The molecule has 0 amide bonds. The Hall–Kier alpha value is -1.07. The van der Waals surface area contributed by atoms with Crippen molar-refractivity contribution in [2.45, 2.75) is 13.0 Å². The molecule has 5 nitrogen and oxygen atoms in total. The average molecular weight is 244 g/mol. The lowest BCUT2D eigenvalue weighted by atomic mass is 9.96. The predicted molar refractivity (Wildman–Crippen MR) is 59.2 cm³/mol. The summed E-state index contributed by atoms with van der Waals surface area (Å²) in [4.78, 5) is 16.8. The number of carbonyl (C=O) groups is 1. The predicted octanol–water partition coefficient (Wildman–Crippen LogP) is 0.980. The van der Waals surface area contributed by atoms with Gasteiger partial charge in [0, 0.05) is 20.1 Å². The molecule has 6 heteroatoms. The SMILES string of the molecule is Cn1c(Cl)cnc1CN1CC(CC(=O)O)C1. The number of aromatic nitrogens is 2. The molecule has 0 aromatic carbocycles. The number of likely N-dealkylation sites (tertiary alicyclic amines) is 1. The van der Waals surface area contributed by atoms with Gasteiger partial charge in [0.2, 0.25) is 0 Å². The van der Waals surface area contributed by atoms with Crippen LogP contribution in [0.2, 0.25) is 5.15 Å². The quantitative estimate of drug-likeness (QED) is 0.857. The standard InChI is InChI=1S/C10H14ClN3O2/c1-13-8(11)3-12-9(13)6-14-4-7(5-14)2-10(15)16/h3,7H,2,4-6H2,1H3,(H,15,16). The van der Waals surface area contributed by atoms with E-state index in [4.69, 9.17) is 16.7 Å². The normalized spacial score (nSPS) is 17.4. The van der Waals surface area contributed by atoms with Gasteiger partial charge in [-0.05, 0) is 5.92 Å². The fraction of sp³-hybridized carbons (Fsp3) is 0.600. The summed E-state index contributed by atoms with van der Waals surface area (Å²) in [5, 5.41) is 9.24. The Morgan fingerprint density at radius 1 is 1.69 bits per heavy atom. The van der Waals surface area contributed by atoms with Gasteiger partial charge >= 0.3 is 5.97 Å². The summed E-state index contributed by atoms with van der Waals surface area (Å²) in [7, 11) is 1.87. The maximum absolute atomic E-state index is 10.5. The van der Waals surface area contributed by atoms with Crippen molar-refractivity contribution in [3.8, 4) is 0 Å². The number of carboxylic acids is 1. The van der Waals surface area contributed by atoms with Crippen molar-refractivity contribution in [1.82, 2.24) is 14.5 Å². The first-order chi connectivity index (χ1) is 7.56. The van der Waals surface area contributed by atoms with E-state index in [0.29, 0.717) is 5.15 Å². The molecule has 1 aliphatic rings. The van der Waals surface area contributed by atoms with Crippen LogP contribution < -0.4 is 0 Å². The Bertz CT molecular complexity index is 399. The molecule has 1 saturated heterocycles. The van der Waals surface area contributed by atoms with Crippen molar-refractivity contribution >= 4 is 17.6 Å². The molecule has 16 heavy (non-hydrogen) atoms. The highest BCUT2D eigenvalue weighted by Crippen LogP contribution is 2.21. The van der Waals surface area contributed by atoms with Gasteiger partial charge in [0.05, 0.1) is 19.2 Å². The Morgan fingerprint density at radius 2 is 2.38 bits per heavy atom. The summed E-state index contributed by atoms with van der Waals surface area (Å²) in [6, 6.07) is 0. The van der Waals surface area contributed by atoms with Gasteiger partial charge in [-0.2, -0.15) is 0 Å². The van der Waals surface area contributed by atoms with E-state index in [0.717, 1.165) is 25.5 Å². The molecule has 0 spiro atoms. The third-order valence-corrected chi connectivity index (χ3v) is 3.24. The number of imidazole rings is 1. The largest absolute Gasteiger partial charge is 0.481 e. The van der Waals surface area contributed by atoms with Gasteiger partial charge in [0.15, 0.2) is 0 Å². The van der Waals surface area contributed by atoms with E-state index in [-0.39, 0.29) is 12.3 Å². The molecule has 1 aromatic rings. The minimum Gasteiger partial charge on any atom is -0.481 e. The maximum atomic E-state index is 10.5. The van der Waals surface area contributed by atoms with E-state index in [1.165, 1.54) is 0 Å². The number of halogens is 1. The van der Waals surface area contributed by atoms with Gasteiger partial charge in [-0.1, -0.05) is 11.6 Å². The molecule has 0 saturated carbocycles. The van der Waals surface area contributed by atoms with E-state index in [2.05, 4.69) is 9.88 Å². The Morgan fingerprint density at radius 3 is 2.88 bits per heavy atom. The molecule has 1 aromatic heterocycles. The van der Waals surface area contributed by atoms with Gasteiger partial charge in [-0.15, -0.1) is 0 Å². The summed E-state index contributed by atoms with van der Waals surface area (Å²) in [6.45, 7) is 2.40. The first-order valence-electron chi connectivity index (χ1n) is 5.16. The molecule has 1 N–H and O–H groups in total. The van der Waals surface area contributed by atoms with Crippen LogP contribution in [0.15, 0.2) is 6.20 Å². The van der Waals surface area contributed by atoms with Crippen LogP contribution in [0.4, 0.5) is 0 Å². The molecule has 88 valence electrons. The second-order valence-electron chi connectivity index (χ2n) is 4.21. The van der Waals surface area contributed by atoms with Crippen LogP contribution in [0.3, 0.4) is 0 Å². The Kier molecular flexibility index (Phi) is 3.16. The van der Waals surface area contributed by atoms with Crippen molar-refractivity contribution < 1.29 is 9.90 Å². The Labute approximate surface area is 98.6 Å². The highest BCUT2D eigenvalue weighted by atomic mass is 35.5. The van der Waals surface area contributed by atoms with E-state index >= 15 is 0 Å². The summed E-state index contributed by atoms with van der Waals surface area (Å²) >= 11 is 5.88. The van der Waals surface area contributed by atoms with Crippen LogP contribution in [0, 0.1) is 5.92 Å². The average Bonchev–Trinajstić information content (AvgIpc) is 2.45. The monoisotopic (exact) mass is 243 g/mol. The minimum absolute atomic E-state index is 0.262. The molecule has 0 radical (unpaired) electrons. The van der Waals surface area contributed by atoms with Crippen molar-refractivity contribution in [2.75, 3.05) is 13.1 Å². The molecule has 2 rings (SSSR count). The fourth-order valence-electron chi connectivity index (χ4n) is 1.95. The number of hydrogen-bond acceptors (Lipinski definition) is 3. The van der Waals surface area contributed by atoms with E-state index in [1.807, 2.05) is 11.6 Å². The molecular weight excluding hydrogens is 230 g/mol. The summed E-state index contributed by atoms with van der Waals surface area (Å²) in [5.74, 6) is 0.483. The molecule has 0 bridgehead atoms. The topological polar surface area (TPSA) is 58.4 Å². The van der Waals surface area contributed by atoms with Crippen LogP contribution in [-0.2, 0) is 18.4 Å². The van der Waals surface area contributed by atoms with E-state index in [1.54, 1.807) is 6.20 Å². The van der Waals surface area contributed by atoms with Crippen molar-refractivity contribution in [1.29, 1.82) is 0 Å². The van der Waals surface area contributed by atoms with Gasteiger partial charge in [-0.3, -0.25) is 9.69 Å². The lowest BCUT2D eigenvalue weighted by Gasteiger charge is -2.38. The third kappa shape index (κ3) is 2.36. The van der Waals surface area contributed by atoms with Crippen LogP contribution in [0.5, 0.6) is 0 Å². The smallest absolute Gasteiger partial charge is 0.303 e. The van der Waals surface area contributed by atoms with Gasteiger partial charge in [0.25, 0.3) is 0 Å². The highest BCUT2D eigenvalue weighted by molar-refractivity contribution is 6.29.